The van der Waals surface area contributed by atoms with Crippen molar-refractivity contribution in [1.29, 1.82) is 0 Å². The largest absolute Gasteiger partial charge is 0.480 e. The first-order valence-electron chi connectivity index (χ1n) is 5.29. The second kappa shape index (κ2) is 4.28. The van der Waals surface area contributed by atoms with Gasteiger partial charge in [0.25, 0.3) is 5.69 Å². The SMILES string of the molecule is O=C(O)C1(NS(=O)(=O)c2ccc([N+](=O)[O-])cc2)CC1. The second-order valence-corrected chi connectivity index (χ2v) is 5.93. The third-order valence-corrected chi connectivity index (χ3v) is 4.40. The quantitative estimate of drug-likeness (QED) is 0.599. The highest BCUT2D eigenvalue weighted by atomic mass is 32.2. The van der Waals surface area contributed by atoms with E-state index in [1.54, 1.807) is 0 Å². The lowest BCUT2D eigenvalue weighted by atomic mass is 10.3. The number of rotatable bonds is 5. The van der Waals surface area contributed by atoms with E-state index in [0.29, 0.717) is 0 Å². The maximum atomic E-state index is 11.9. The molecule has 0 spiro atoms. The topological polar surface area (TPSA) is 127 Å². The number of benzene rings is 1. The number of non-ortho nitro benzene ring substituents is 1. The lowest BCUT2D eigenvalue weighted by Crippen LogP contribution is -2.42. The Kier molecular flexibility index (Phi) is 3.03. The van der Waals surface area contributed by atoms with E-state index in [1.165, 1.54) is 0 Å². The molecule has 0 amide bonds. The number of nitrogens with zero attached hydrogens (tertiary/aromatic N) is 1. The summed E-state index contributed by atoms with van der Waals surface area (Å²) in [5.41, 5.74) is -1.67. The van der Waals surface area contributed by atoms with E-state index in [9.17, 15) is 23.3 Å². The zero-order valence-electron chi connectivity index (χ0n) is 9.57. The van der Waals surface area contributed by atoms with E-state index in [0.717, 1.165) is 24.3 Å². The normalized spacial score (nSPS) is 16.8. The molecule has 8 nitrogen and oxygen atoms in total. The summed E-state index contributed by atoms with van der Waals surface area (Å²) < 4.78 is 26.0. The first-order chi connectivity index (χ1) is 8.77. The number of carboxylic acids is 1. The van der Waals surface area contributed by atoms with Crippen LogP contribution in [0.4, 0.5) is 5.69 Å². The number of nitrogens with one attached hydrogen (secondary N) is 1. The monoisotopic (exact) mass is 286 g/mol. The zero-order valence-corrected chi connectivity index (χ0v) is 10.4. The molecule has 0 bridgehead atoms. The maximum Gasteiger partial charge on any atom is 0.324 e. The highest BCUT2D eigenvalue weighted by molar-refractivity contribution is 7.89. The fraction of sp³-hybridized carbons (Fsp3) is 0.300. The first kappa shape index (κ1) is 13.4. The minimum absolute atomic E-state index is 0.203. The molecule has 1 saturated carbocycles. The first-order valence-corrected chi connectivity index (χ1v) is 6.77. The third kappa shape index (κ3) is 2.56. The molecule has 1 aromatic carbocycles. The van der Waals surface area contributed by atoms with Crippen molar-refractivity contribution in [2.24, 2.45) is 0 Å². The Hall–Kier alpha value is -2.00. The van der Waals surface area contributed by atoms with E-state index in [1.807, 2.05) is 0 Å². The van der Waals surface area contributed by atoms with Crippen LogP contribution in [0.15, 0.2) is 29.2 Å². The molecule has 1 fully saturated rings. The predicted molar refractivity (Wildman–Crippen MR) is 63.0 cm³/mol. The van der Waals surface area contributed by atoms with Gasteiger partial charge in [0.2, 0.25) is 10.0 Å². The van der Waals surface area contributed by atoms with Crippen LogP contribution in [-0.2, 0) is 14.8 Å². The molecule has 0 atom stereocenters. The minimum atomic E-state index is -4.00. The van der Waals surface area contributed by atoms with Gasteiger partial charge in [-0.05, 0) is 25.0 Å². The molecule has 0 aromatic heterocycles. The predicted octanol–water partition coefficient (Wildman–Crippen LogP) is 0.490. The van der Waals surface area contributed by atoms with Gasteiger partial charge in [-0.25, -0.2) is 8.42 Å². The Balaban J connectivity index is 2.25. The molecule has 0 unspecified atom stereocenters. The van der Waals surface area contributed by atoms with Crippen LogP contribution in [0.2, 0.25) is 0 Å². The van der Waals surface area contributed by atoms with Crippen LogP contribution in [0.5, 0.6) is 0 Å². The van der Waals surface area contributed by atoms with Crippen LogP contribution in [0, 0.1) is 10.1 Å². The summed E-state index contributed by atoms with van der Waals surface area (Å²) in [7, 11) is -4.00. The van der Waals surface area contributed by atoms with Crippen LogP contribution < -0.4 is 4.72 Å². The van der Waals surface area contributed by atoms with Gasteiger partial charge in [-0.15, -0.1) is 0 Å². The molecule has 9 heteroatoms. The van der Waals surface area contributed by atoms with Gasteiger partial charge in [0, 0.05) is 12.1 Å². The Labute approximate surface area is 108 Å². The van der Waals surface area contributed by atoms with E-state index in [4.69, 9.17) is 5.11 Å². The van der Waals surface area contributed by atoms with E-state index in [-0.39, 0.29) is 23.4 Å². The van der Waals surface area contributed by atoms with E-state index < -0.39 is 26.5 Å². The average Bonchev–Trinajstić information content (AvgIpc) is 3.09. The number of hydrogen-bond acceptors (Lipinski definition) is 5. The van der Waals surface area contributed by atoms with Crippen LogP contribution in [-0.4, -0.2) is 30.0 Å². The fourth-order valence-corrected chi connectivity index (χ4v) is 2.97. The summed E-state index contributed by atoms with van der Waals surface area (Å²) in [4.78, 5) is 20.5. The molecular formula is C10H10N2O6S. The van der Waals surface area contributed by atoms with Gasteiger partial charge in [-0.3, -0.25) is 14.9 Å². The van der Waals surface area contributed by atoms with Crippen LogP contribution >= 0.6 is 0 Å². The lowest BCUT2D eigenvalue weighted by molar-refractivity contribution is -0.384. The van der Waals surface area contributed by atoms with Crippen molar-refractivity contribution in [3.8, 4) is 0 Å². The smallest absolute Gasteiger partial charge is 0.324 e. The molecule has 1 aliphatic rings. The average molecular weight is 286 g/mol. The number of sulfonamides is 1. The molecule has 1 aliphatic carbocycles. The molecule has 19 heavy (non-hydrogen) atoms. The summed E-state index contributed by atoms with van der Waals surface area (Å²) in [5.74, 6) is -1.22. The molecule has 0 heterocycles. The minimum Gasteiger partial charge on any atom is -0.480 e. The van der Waals surface area contributed by atoms with Crippen LogP contribution in [0.1, 0.15) is 12.8 Å². The molecular weight excluding hydrogens is 276 g/mol. The molecule has 2 N–H and O–H groups in total. The number of nitro groups is 1. The molecule has 0 aliphatic heterocycles. The standard InChI is InChI=1S/C10H10N2O6S/c13-9(14)10(5-6-10)11-19(17,18)8-3-1-7(2-4-8)12(15)16/h1-4,11H,5-6H2,(H,13,14). The Morgan fingerprint density at radius 1 is 1.32 bits per heavy atom. The Morgan fingerprint density at radius 2 is 1.84 bits per heavy atom. The van der Waals surface area contributed by atoms with Gasteiger partial charge in [0.1, 0.15) is 5.54 Å². The van der Waals surface area contributed by atoms with Crippen molar-refractivity contribution in [2.75, 3.05) is 0 Å². The zero-order chi connectivity index (χ0) is 14.3. The van der Waals surface area contributed by atoms with Gasteiger partial charge in [0.15, 0.2) is 0 Å². The highest BCUT2D eigenvalue weighted by Crippen LogP contribution is 2.37. The second-order valence-electron chi connectivity index (χ2n) is 4.24. The summed E-state index contributed by atoms with van der Waals surface area (Å²) in [5, 5.41) is 19.4. The molecule has 0 radical (unpaired) electrons. The van der Waals surface area contributed by atoms with Crippen molar-refractivity contribution in [1.82, 2.24) is 4.72 Å². The summed E-state index contributed by atoms with van der Waals surface area (Å²) in [6, 6.07) is 4.24. The fourth-order valence-electron chi connectivity index (χ4n) is 1.55. The highest BCUT2D eigenvalue weighted by Gasteiger charge is 2.53. The van der Waals surface area contributed by atoms with Crippen molar-refractivity contribution < 1.29 is 23.2 Å². The third-order valence-electron chi connectivity index (χ3n) is 2.85. The molecule has 1 aromatic rings. The van der Waals surface area contributed by atoms with Crippen molar-refractivity contribution in [3.05, 3.63) is 34.4 Å². The van der Waals surface area contributed by atoms with Crippen molar-refractivity contribution in [3.63, 3.8) is 0 Å². The Morgan fingerprint density at radius 3 is 2.21 bits per heavy atom. The van der Waals surface area contributed by atoms with Crippen molar-refractivity contribution in [2.45, 2.75) is 23.3 Å². The summed E-state index contributed by atoms with van der Waals surface area (Å²) in [6.45, 7) is 0. The van der Waals surface area contributed by atoms with Crippen LogP contribution in [0.25, 0.3) is 0 Å². The lowest BCUT2D eigenvalue weighted by Gasteiger charge is -2.12. The molecule has 0 saturated heterocycles. The van der Waals surface area contributed by atoms with Gasteiger partial charge in [-0.1, -0.05) is 0 Å². The van der Waals surface area contributed by atoms with Gasteiger partial charge in [-0.2, -0.15) is 4.72 Å². The van der Waals surface area contributed by atoms with Crippen molar-refractivity contribution >= 4 is 21.7 Å². The number of nitro benzene ring substituents is 1. The summed E-state index contributed by atoms with van der Waals surface area (Å²) >= 11 is 0. The molecule has 2 rings (SSSR count). The van der Waals surface area contributed by atoms with E-state index in [2.05, 4.69) is 4.72 Å². The summed E-state index contributed by atoms with van der Waals surface area (Å²) in [6.07, 6.45) is 0.461. The number of carboxylic acid groups (broad SMARTS) is 1. The maximum absolute atomic E-state index is 11.9. The number of carbonyl (C=O) groups is 1. The Bertz CT molecular complexity index is 632. The van der Waals surface area contributed by atoms with Gasteiger partial charge in [0.05, 0.1) is 9.82 Å². The van der Waals surface area contributed by atoms with Gasteiger partial charge < -0.3 is 5.11 Å². The molecule has 102 valence electrons. The van der Waals surface area contributed by atoms with Crippen LogP contribution in [0.3, 0.4) is 0 Å². The van der Waals surface area contributed by atoms with Gasteiger partial charge >= 0.3 is 5.97 Å². The number of aliphatic carboxylic acids is 1. The number of hydrogen-bond donors (Lipinski definition) is 2. The van der Waals surface area contributed by atoms with E-state index >= 15 is 0 Å².